The predicted octanol–water partition coefficient (Wildman–Crippen LogP) is 1.54. The first-order valence-electron chi connectivity index (χ1n) is 6.65. The van der Waals surface area contributed by atoms with Gasteiger partial charge in [0.25, 0.3) is 5.56 Å². The minimum absolute atomic E-state index is 0.267. The van der Waals surface area contributed by atoms with Crippen molar-refractivity contribution in [3.8, 4) is 11.8 Å². The summed E-state index contributed by atoms with van der Waals surface area (Å²) >= 11 is 0. The molecule has 4 aromatic rings. The fraction of sp³-hybridized carbons (Fsp3) is 0.0667. The Kier molecular flexibility index (Phi) is 2.41. The van der Waals surface area contributed by atoms with Crippen molar-refractivity contribution < 1.29 is 0 Å². The number of hydrogen-bond acceptors (Lipinski definition) is 4. The van der Waals surface area contributed by atoms with Crippen LogP contribution in [0.25, 0.3) is 22.4 Å². The molecule has 0 bridgehead atoms. The second-order valence-corrected chi connectivity index (χ2v) is 4.93. The molecule has 0 aliphatic carbocycles. The molecule has 0 saturated carbocycles. The summed E-state index contributed by atoms with van der Waals surface area (Å²) in [6.07, 6.45) is 1.36. The first kappa shape index (κ1) is 12.3. The average Bonchev–Trinajstić information content (AvgIpc) is 3.10. The standard InChI is InChI=1S/C15H10N6O/c1-9-12-14(20(19-9)11-5-3-2-4-6-11)18-13-10(7-16)8-17-21(13)15(12)22/h2-6,8,19H,1H3. The number of benzene rings is 1. The highest BCUT2D eigenvalue weighted by molar-refractivity contribution is 5.81. The Morgan fingerprint density at radius 2 is 2.00 bits per heavy atom. The van der Waals surface area contributed by atoms with Crippen LogP contribution in [0.4, 0.5) is 0 Å². The van der Waals surface area contributed by atoms with Crippen molar-refractivity contribution in [2.45, 2.75) is 6.92 Å². The highest BCUT2D eigenvalue weighted by Crippen LogP contribution is 2.18. The Bertz CT molecular complexity index is 1110. The van der Waals surface area contributed by atoms with Crippen molar-refractivity contribution in [1.29, 1.82) is 5.26 Å². The first-order chi connectivity index (χ1) is 10.7. The summed E-state index contributed by atoms with van der Waals surface area (Å²) in [7, 11) is 0. The van der Waals surface area contributed by atoms with Gasteiger partial charge in [0.1, 0.15) is 17.0 Å². The second-order valence-electron chi connectivity index (χ2n) is 4.93. The molecule has 1 aromatic carbocycles. The van der Waals surface area contributed by atoms with Crippen LogP contribution in [0.2, 0.25) is 0 Å². The summed E-state index contributed by atoms with van der Waals surface area (Å²) < 4.78 is 2.90. The maximum atomic E-state index is 12.6. The molecule has 0 radical (unpaired) electrons. The number of hydrogen-bond donors (Lipinski definition) is 1. The Morgan fingerprint density at radius 3 is 2.73 bits per heavy atom. The maximum Gasteiger partial charge on any atom is 0.285 e. The number of nitrogens with zero attached hydrogens (tertiary/aromatic N) is 5. The lowest BCUT2D eigenvalue weighted by molar-refractivity contribution is 0.874. The van der Waals surface area contributed by atoms with Gasteiger partial charge in [-0.15, -0.1) is 0 Å². The van der Waals surface area contributed by atoms with Crippen molar-refractivity contribution >= 4 is 16.7 Å². The highest BCUT2D eigenvalue weighted by Gasteiger charge is 2.17. The second kappa shape index (κ2) is 4.30. The van der Waals surface area contributed by atoms with E-state index in [4.69, 9.17) is 5.26 Å². The van der Waals surface area contributed by atoms with Gasteiger partial charge in [-0.2, -0.15) is 14.9 Å². The molecule has 22 heavy (non-hydrogen) atoms. The van der Waals surface area contributed by atoms with Crippen LogP contribution in [0.15, 0.2) is 41.3 Å². The molecule has 3 aromatic heterocycles. The lowest BCUT2D eigenvalue weighted by Gasteiger charge is -2.03. The number of nitrogens with one attached hydrogen (secondary N) is 1. The van der Waals surface area contributed by atoms with Gasteiger partial charge in [0.15, 0.2) is 11.3 Å². The quantitative estimate of drug-likeness (QED) is 0.575. The van der Waals surface area contributed by atoms with Gasteiger partial charge >= 0.3 is 0 Å². The molecular weight excluding hydrogens is 280 g/mol. The molecule has 0 aliphatic rings. The molecule has 0 saturated heterocycles. The molecule has 0 aliphatic heterocycles. The third kappa shape index (κ3) is 1.52. The van der Waals surface area contributed by atoms with E-state index in [2.05, 4.69) is 15.2 Å². The van der Waals surface area contributed by atoms with Gasteiger partial charge in [0, 0.05) is 5.69 Å². The molecule has 0 spiro atoms. The van der Waals surface area contributed by atoms with Crippen LogP contribution in [0.1, 0.15) is 11.3 Å². The minimum Gasteiger partial charge on any atom is -0.296 e. The molecule has 7 nitrogen and oxygen atoms in total. The number of aromatic amines is 1. The number of rotatable bonds is 1. The van der Waals surface area contributed by atoms with E-state index in [0.717, 1.165) is 10.2 Å². The molecule has 0 atom stereocenters. The van der Waals surface area contributed by atoms with E-state index < -0.39 is 0 Å². The predicted molar refractivity (Wildman–Crippen MR) is 79.9 cm³/mol. The summed E-state index contributed by atoms with van der Waals surface area (Å²) in [5.41, 5.74) is 2.30. The lowest BCUT2D eigenvalue weighted by Crippen LogP contribution is -2.16. The van der Waals surface area contributed by atoms with E-state index in [1.165, 1.54) is 6.20 Å². The number of aryl methyl sites for hydroxylation is 1. The topological polar surface area (TPSA) is 91.8 Å². The monoisotopic (exact) mass is 290 g/mol. The third-order valence-corrected chi connectivity index (χ3v) is 3.59. The smallest absolute Gasteiger partial charge is 0.285 e. The van der Waals surface area contributed by atoms with Crippen LogP contribution in [0.5, 0.6) is 0 Å². The Balaban J connectivity index is 2.20. The fourth-order valence-electron chi connectivity index (χ4n) is 2.57. The number of nitriles is 1. The van der Waals surface area contributed by atoms with Crippen LogP contribution in [-0.4, -0.2) is 24.4 Å². The van der Waals surface area contributed by atoms with E-state index in [1.54, 1.807) is 4.68 Å². The van der Waals surface area contributed by atoms with Gasteiger partial charge in [0.05, 0.1) is 11.9 Å². The SMILES string of the molecule is Cc1[nH]n(-c2ccccc2)c2nc3c(C#N)cnn3c(=O)c12. The molecule has 3 heterocycles. The van der Waals surface area contributed by atoms with Crippen LogP contribution in [0.3, 0.4) is 0 Å². The zero-order valence-corrected chi connectivity index (χ0v) is 11.6. The zero-order valence-electron chi connectivity index (χ0n) is 11.6. The summed E-state index contributed by atoms with van der Waals surface area (Å²) in [4.78, 5) is 17.1. The lowest BCUT2D eigenvalue weighted by atomic mass is 10.3. The highest BCUT2D eigenvalue weighted by atomic mass is 16.1. The van der Waals surface area contributed by atoms with E-state index in [0.29, 0.717) is 16.7 Å². The van der Waals surface area contributed by atoms with E-state index >= 15 is 0 Å². The molecular formula is C15H10N6O. The van der Waals surface area contributed by atoms with Crippen molar-refractivity contribution in [3.63, 3.8) is 0 Å². The third-order valence-electron chi connectivity index (χ3n) is 3.59. The van der Waals surface area contributed by atoms with Crippen molar-refractivity contribution in [1.82, 2.24) is 24.4 Å². The average molecular weight is 290 g/mol. The number of aromatic nitrogens is 5. The molecule has 4 rings (SSSR count). The Morgan fingerprint density at radius 1 is 1.23 bits per heavy atom. The van der Waals surface area contributed by atoms with Crippen molar-refractivity contribution in [2.24, 2.45) is 0 Å². The van der Waals surface area contributed by atoms with Crippen LogP contribution < -0.4 is 5.56 Å². The van der Waals surface area contributed by atoms with Gasteiger partial charge < -0.3 is 0 Å². The van der Waals surface area contributed by atoms with Crippen LogP contribution >= 0.6 is 0 Å². The molecule has 106 valence electrons. The van der Waals surface area contributed by atoms with Crippen molar-refractivity contribution in [2.75, 3.05) is 0 Å². The zero-order chi connectivity index (χ0) is 15.3. The van der Waals surface area contributed by atoms with Gasteiger partial charge in [0.2, 0.25) is 0 Å². The summed E-state index contributed by atoms with van der Waals surface area (Å²) in [6.45, 7) is 1.81. The maximum absolute atomic E-state index is 12.6. The molecule has 1 N–H and O–H groups in total. The van der Waals surface area contributed by atoms with Crippen molar-refractivity contribution in [3.05, 3.63) is 58.1 Å². The van der Waals surface area contributed by atoms with E-state index in [1.807, 2.05) is 43.3 Å². The van der Waals surface area contributed by atoms with E-state index in [9.17, 15) is 4.79 Å². The van der Waals surface area contributed by atoms with Gasteiger partial charge in [-0.1, -0.05) is 18.2 Å². The van der Waals surface area contributed by atoms with Gasteiger partial charge in [-0.3, -0.25) is 9.89 Å². The van der Waals surface area contributed by atoms with E-state index in [-0.39, 0.29) is 16.8 Å². The van der Waals surface area contributed by atoms with Crippen LogP contribution in [-0.2, 0) is 0 Å². The fourth-order valence-corrected chi connectivity index (χ4v) is 2.57. The normalized spacial score (nSPS) is 11.1. The van der Waals surface area contributed by atoms with Crippen LogP contribution in [0, 0.1) is 18.3 Å². The van der Waals surface area contributed by atoms with Gasteiger partial charge in [-0.05, 0) is 19.1 Å². The number of para-hydroxylation sites is 1. The summed E-state index contributed by atoms with van der Waals surface area (Å²) in [6, 6.07) is 11.5. The molecule has 7 heteroatoms. The largest absolute Gasteiger partial charge is 0.296 e. The number of fused-ring (bicyclic) bond motifs is 2. The molecule has 0 unspecified atom stereocenters. The first-order valence-corrected chi connectivity index (χ1v) is 6.65. The Labute approximate surface area is 124 Å². The van der Waals surface area contributed by atoms with Gasteiger partial charge in [-0.25, -0.2) is 9.67 Å². The minimum atomic E-state index is -0.287. The summed E-state index contributed by atoms with van der Waals surface area (Å²) in [5, 5.41) is 16.7. The number of H-pyrrole nitrogens is 1. The Hall–Kier alpha value is -3.40. The summed E-state index contributed by atoms with van der Waals surface area (Å²) in [5.74, 6) is 0. The molecule has 0 fully saturated rings. The molecule has 0 amide bonds.